The standard InChI is InChI=1S/C13H20N2O/c1-3-10-5-6-11(4-2)15(10)12(16)13(9-14)7-8-13/h10-11H,3-8H2,1-2H3. The number of amides is 1. The van der Waals surface area contributed by atoms with Crippen molar-refractivity contribution in [2.45, 2.75) is 64.5 Å². The Kier molecular flexibility index (Phi) is 2.92. The first-order chi connectivity index (χ1) is 7.68. The molecular formula is C13H20N2O. The first-order valence-corrected chi connectivity index (χ1v) is 6.42. The summed E-state index contributed by atoms with van der Waals surface area (Å²) in [6.45, 7) is 4.27. The van der Waals surface area contributed by atoms with E-state index in [2.05, 4.69) is 19.9 Å². The lowest BCUT2D eigenvalue weighted by Gasteiger charge is -2.31. The number of carbonyl (C=O) groups excluding carboxylic acids is 1. The van der Waals surface area contributed by atoms with Gasteiger partial charge >= 0.3 is 0 Å². The van der Waals surface area contributed by atoms with Gasteiger partial charge in [0.15, 0.2) is 0 Å². The average Bonchev–Trinajstić information content (AvgIpc) is 3.01. The second-order valence-corrected chi connectivity index (χ2v) is 5.11. The zero-order valence-corrected chi connectivity index (χ0v) is 10.2. The van der Waals surface area contributed by atoms with Crippen molar-refractivity contribution in [3.05, 3.63) is 0 Å². The van der Waals surface area contributed by atoms with Gasteiger partial charge < -0.3 is 4.90 Å². The number of nitriles is 1. The highest BCUT2D eigenvalue weighted by molar-refractivity contribution is 5.89. The van der Waals surface area contributed by atoms with Crippen molar-refractivity contribution >= 4 is 5.91 Å². The van der Waals surface area contributed by atoms with Crippen molar-refractivity contribution in [2.75, 3.05) is 0 Å². The molecule has 3 nitrogen and oxygen atoms in total. The summed E-state index contributed by atoms with van der Waals surface area (Å²) in [5.41, 5.74) is -0.634. The maximum atomic E-state index is 12.4. The molecule has 88 valence electrons. The minimum absolute atomic E-state index is 0.117. The minimum Gasteiger partial charge on any atom is -0.335 e. The molecule has 0 aromatic rings. The molecule has 2 rings (SSSR count). The van der Waals surface area contributed by atoms with Crippen LogP contribution in [0.5, 0.6) is 0 Å². The zero-order chi connectivity index (χ0) is 11.8. The third-order valence-electron chi connectivity index (χ3n) is 4.17. The fourth-order valence-electron chi connectivity index (χ4n) is 2.84. The van der Waals surface area contributed by atoms with E-state index in [9.17, 15) is 4.79 Å². The van der Waals surface area contributed by atoms with E-state index in [1.165, 1.54) is 0 Å². The molecule has 0 aromatic carbocycles. The Balaban J connectivity index is 2.17. The maximum Gasteiger partial charge on any atom is 0.243 e. The van der Waals surface area contributed by atoms with Gasteiger partial charge in [-0.25, -0.2) is 0 Å². The first-order valence-electron chi connectivity index (χ1n) is 6.42. The van der Waals surface area contributed by atoms with E-state index in [0.29, 0.717) is 12.1 Å². The molecule has 2 unspecified atom stereocenters. The predicted octanol–water partition coefficient (Wildman–Crippen LogP) is 2.47. The van der Waals surface area contributed by atoms with Crippen molar-refractivity contribution in [1.82, 2.24) is 4.90 Å². The third-order valence-corrected chi connectivity index (χ3v) is 4.17. The maximum absolute atomic E-state index is 12.4. The Bertz CT molecular complexity index is 315. The smallest absolute Gasteiger partial charge is 0.243 e. The van der Waals surface area contributed by atoms with Crippen LogP contribution in [-0.4, -0.2) is 22.9 Å². The second-order valence-electron chi connectivity index (χ2n) is 5.11. The van der Waals surface area contributed by atoms with Crippen LogP contribution in [0.4, 0.5) is 0 Å². The Morgan fingerprint density at radius 2 is 1.81 bits per heavy atom. The van der Waals surface area contributed by atoms with Gasteiger partial charge in [-0.05, 0) is 38.5 Å². The van der Waals surface area contributed by atoms with Gasteiger partial charge in [0.05, 0.1) is 6.07 Å². The second kappa shape index (κ2) is 4.08. The van der Waals surface area contributed by atoms with Crippen molar-refractivity contribution in [1.29, 1.82) is 5.26 Å². The number of hydrogen-bond donors (Lipinski definition) is 0. The highest BCUT2D eigenvalue weighted by Gasteiger charge is 2.55. The lowest BCUT2D eigenvalue weighted by Crippen LogP contribution is -2.44. The molecule has 1 saturated heterocycles. The lowest BCUT2D eigenvalue weighted by molar-refractivity contribution is -0.138. The lowest BCUT2D eigenvalue weighted by atomic mass is 10.1. The molecule has 1 amide bonds. The Morgan fingerprint density at radius 1 is 1.31 bits per heavy atom. The van der Waals surface area contributed by atoms with Crippen molar-refractivity contribution in [3.8, 4) is 6.07 Å². The van der Waals surface area contributed by atoms with Gasteiger partial charge in [0.1, 0.15) is 5.41 Å². The quantitative estimate of drug-likeness (QED) is 0.733. The topological polar surface area (TPSA) is 44.1 Å². The summed E-state index contributed by atoms with van der Waals surface area (Å²) in [5, 5.41) is 9.11. The van der Waals surface area contributed by atoms with Gasteiger partial charge in [-0.15, -0.1) is 0 Å². The van der Waals surface area contributed by atoms with Crippen molar-refractivity contribution in [2.24, 2.45) is 5.41 Å². The molecule has 0 bridgehead atoms. The number of likely N-dealkylation sites (tertiary alicyclic amines) is 1. The molecule has 2 aliphatic rings. The first kappa shape index (κ1) is 11.4. The number of nitrogens with zero attached hydrogens (tertiary/aromatic N) is 2. The summed E-state index contributed by atoms with van der Waals surface area (Å²) in [5.74, 6) is 0.117. The van der Waals surface area contributed by atoms with E-state index in [0.717, 1.165) is 38.5 Å². The summed E-state index contributed by atoms with van der Waals surface area (Å²) < 4.78 is 0. The Hall–Kier alpha value is -1.04. The fourth-order valence-corrected chi connectivity index (χ4v) is 2.84. The van der Waals surface area contributed by atoms with Crippen LogP contribution >= 0.6 is 0 Å². The summed E-state index contributed by atoms with van der Waals surface area (Å²) in [6, 6.07) is 2.98. The molecule has 0 N–H and O–H groups in total. The minimum atomic E-state index is -0.634. The van der Waals surface area contributed by atoms with Crippen LogP contribution < -0.4 is 0 Å². The number of hydrogen-bond acceptors (Lipinski definition) is 2. The molecule has 3 heteroatoms. The van der Waals surface area contributed by atoms with Crippen LogP contribution in [0.25, 0.3) is 0 Å². The van der Waals surface area contributed by atoms with E-state index in [1.54, 1.807) is 0 Å². The van der Waals surface area contributed by atoms with Gasteiger partial charge in [0.2, 0.25) is 5.91 Å². The van der Waals surface area contributed by atoms with E-state index in [1.807, 2.05) is 4.90 Å². The van der Waals surface area contributed by atoms with Crippen LogP contribution in [0.2, 0.25) is 0 Å². The third kappa shape index (κ3) is 1.61. The Labute approximate surface area is 97.4 Å². The van der Waals surface area contributed by atoms with Gasteiger partial charge in [0.25, 0.3) is 0 Å². The molecule has 2 fully saturated rings. The van der Waals surface area contributed by atoms with Crippen molar-refractivity contribution < 1.29 is 4.79 Å². The summed E-state index contributed by atoms with van der Waals surface area (Å²) in [7, 11) is 0. The molecule has 16 heavy (non-hydrogen) atoms. The molecule has 0 aromatic heterocycles. The molecule has 1 aliphatic carbocycles. The highest BCUT2D eigenvalue weighted by atomic mass is 16.2. The van der Waals surface area contributed by atoms with Gasteiger partial charge in [-0.3, -0.25) is 4.79 Å². The van der Waals surface area contributed by atoms with Crippen molar-refractivity contribution in [3.63, 3.8) is 0 Å². The molecule has 1 heterocycles. The Morgan fingerprint density at radius 3 is 2.12 bits per heavy atom. The SMILES string of the molecule is CCC1CCC(CC)N1C(=O)C1(C#N)CC1. The molecule has 1 aliphatic heterocycles. The molecular weight excluding hydrogens is 200 g/mol. The number of rotatable bonds is 3. The van der Waals surface area contributed by atoms with Crippen LogP contribution in [0.1, 0.15) is 52.4 Å². The average molecular weight is 220 g/mol. The monoisotopic (exact) mass is 220 g/mol. The summed E-state index contributed by atoms with van der Waals surface area (Å²) in [6.07, 6.45) is 5.80. The largest absolute Gasteiger partial charge is 0.335 e. The van der Waals surface area contributed by atoms with Crippen LogP contribution in [-0.2, 0) is 4.79 Å². The normalized spacial score (nSPS) is 31.2. The van der Waals surface area contributed by atoms with Gasteiger partial charge in [-0.2, -0.15) is 5.26 Å². The van der Waals surface area contributed by atoms with Crippen LogP contribution in [0, 0.1) is 16.7 Å². The summed E-state index contributed by atoms with van der Waals surface area (Å²) in [4.78, 5) is 14.4. The highest BCUT2D eigenvalue weighted by Crippen LogP contribution is 2.48. The fraction of sp³-hybridized carbons (Fsp3) is 0.846. The van der Waals surface area contributed by atoms with Crippen LogP contribution in [0.15, 0.2) is 0 Å². The molecule has 2 atom stereocenters. The van der Waals surface area contributed by atoms with Gasteiger partial charge in [-0.1, -0.05) is 13.8 Å². The van der Waals surface area contributed by atoms with E-state index < -0.39 is 5.41 Å². The zero-order valence-electron chi connectivity index (χ0n) is 10.2. The molecule has 0 radical (unpaired) electrons. The summed E-state index contributed by atoms with van der Waals surface area (Å²) >= 11 is 0. The van der Waals surface area contributed by atoms with E-state index >= 15 is 0 Å². The van der Waals surface area contributed by atoms with Gasteiger partial charge in [0, 0.05) is 12.1 Å². The predicted molar refractivity (Wildman–Crippen MR) is 61.5 cm³/mol. The van der Waals surface area contributed by atoms with E-state index in [4.69, 9.17) is 5.26 Å². The molecule has 1 saturated carbocycles. The van der Waals surface area contributed by atoms with E-state index in [-0.39, 0.29) is 5.91 Å². The number of carbonyl (C=O) groups is 1. The molecule has 0 spiro atoms. The van der Waals surface area contributed by atoms with Crippen LogP contribution in [0.3, 0.4) is 0 Å².